The summed E-state index contributed by atoms with van der Waals surface area (Å²) < 4.78 is 0. The highest BCUT2D eigenvalue weighted by molar-refractivity contribution is 7.02. The zero-order valence-electron chi connectivity index (χ0n) is 6.53. The zero-order valence-corrected chi connectivity index (χ0v) is 8.29. The van der Waals surface area contributed by atoms with Crippen LogP contribution in [-0.2, 0) is 0 Å². The minimum absolute atomic E-state index is 0.801. The molecule has 0 aliphatic rings. The van der Waals surface area contributed by atoms with Crippen molar-refractivity contribution in [3.05, 3.63) is 28.0 Å². The van der Waals surface area contributed by atoms with Gasteiger partial charge in [0.2, 0.25) is 0 Å². The number of aryl methyl sites for hydroxylation is 1. The molecule has 0 aliphatic heterocycles. The Morgan fingerprint density at radius 3 is 2.40 bits per heavy atom. The van der Waals surface area contributed by atoms with Gasteiger partial charge in [0.25, 0.3) is 0 Å². The van der Waals surface area contributed by atoms with E-state index in [1.165, 1.54) is 16.3 Å². The van der Waals surface area contributed by atoms with Gasteiger partial charge in [-0.05, 0) is 37.1 Å². The quantitative estimate of drug-likeness (QED) is 0.415. The molecule has 0 unspecified atom stereocenters. The fourth-order valence-electron chi connectivity index (χ4n) is 0.923. The molecule has 1 heterocycles. The average Bonchev–Trinajstić information content (AvgIpc) is 1.93. The van der Waals surface area contributed by atoms with Crippen LogP contribution < -0.4 is 0 Å². The predicted molar refractivity (Wildman–Crippen MR) is 47.9 cm³/mol. The number of hydrogen-bond donors (Lipinski definition) is 0. The second-order valence-corrected chi connectivity index (χ2v) is 5.62. The molecule has 1 rings (SSSR count). The standard InChI is InChI=1S/C8H11ClSi/c1-6-4-5-10(9)8(3)7(6)2/h4-5H,1-3H3. The maximum absolute atomic E-state index is 6.07. The van der Waals surface area contributed by atoms with E-state index in [-0.39, 0.29) is 0 Å². The largest absolute Gasteiger partial charge is 0.154 e. The van der Waals surface area contributed by atoms with Gasteiger partial charge in [-0.3, -0.25) is 0 Å². The Hall–Kier alpha value is -0.143. The summed E-state index contributed by atoms with van der Waals surface area (Å²) in [6.45, 7) is 6.39. The summed E-state index contributed by atoms with van der Waals surface area (Å²) in [6.07, 6.45) is 0. The van der Waals surface area contributed by atoms with Crippen LogP contribution in [-0.4, -0.2) is 7.71 Å². The van der Waals surface area contributed by atoms with Crippen LogP contribution in [0.3, 0.4) is 0 Å². The van der Waals surface area contributed by atoms with E-state index in [2.05, 4.69) is 32.5 Å². The predicted octanol–water partition coefficient (Wildman–Crippen LogP) is 2.64. The maximum Gasteiger partial charge on any atom is 0.154 e. The van der Waals surface area contributed by atoms with Gasteiger partial charge in [0.1, 0.15) is 0 Å². The van der Waals surface area contributed by atoms with E-state index < -0.39 is 7.71 Å². The van der Waals surface area contributed by atoms with Gasteiger partial charge in [-0.25, -0.2) is 0 Å². The third-order valence-corrected chi connectivity index (χ3v) is 4.77. The normalized spacial score (nSPS) is 10.0. The van der Waals surface area contributed by atoms with E-state index in [4.69, 9.17) is 11.1 Å². The minimum Gasteiger partial charge on any atom is -0.133 e. The van der Waals surface area contributed by atoms with Crippen molar-refractivity contribution in [2.45, 2.75) is 20.8 Å². The lowest BCUT2D eigenvalue weighted by Gasteiger charge is -2.04. The van der Waals surface area contributed by atoms with E-state index >= 15 is 0 Å². The summed E-state index contributed by atoms with van der Waals surface area (Å²) in [7, 11) is -0.801. The first-order valence-electron chi connectivity index (χ1n) is 3.35. The van der Waals surface area contributed by atoms with Crippen LogP contribution >= 0.6 is 11.1 Å². The first kappa shape index (κ1) is 7.96. The highest BCUT2D eigenvalue weighted by Crippen LogP contribution is 2.11. The van der Waals surface area contributed by atoms with Crippen LogP contribution in [0.4, 0.5) is 0 Å². The zero-order chi connectivity index (χ0) is 7.72. The summed E-state index contributed by atoms with van der Waals surface area (Å²) in [6, 6.07) is 2.13. The molecule has 0 nitrogen and oxygen atoms in total. The van der Waals surface area contributed by atoms with Gasteiger partial charge >= 0.3 is 0 Å². The van der Waals surface area contributed by atoms with E-state index in [9.17, 15) is 0 Å². The first-order chi connectivity index (χ1) is 4.63. The Kier molecular flexibility index (Phi) is 2.27. The number of halogens is 1. The molecule has 0 radical (unpaired) electrons. The van der Waals surface area contributed by atoms with E-state index in [0.717, 1.165) is 0 Å². The molecule has 1 aromatic heterocycles. The minimum atomic E-state index is -0.801. The summed E-state index contributed by atoms with van der Waals surface area (Å²) in [5.74, 6) is 0. The highest BCUT2D eigenvalue weighted by Gasteiger charge is 2.00. The molecular formula is C8H11ClSi. The Labute approximate surface area is 68.1 Å². The summed E-state index contributed by atoms with van der Waals surface area (Å²) in [4.78, 5) is 0. The van der Waals surface area contributed by atoms with Gasteiger partial charge in [-0.15, -0.1) is 11.1 Å². The summed E-state index contributed by atoms with van der Waals surface area (Å²) in [5.41, 5.74) is 4.86. The van der Waals surface area contributed by atoms with Crippen molar-refractivity contribution in [1.82, 2.24) is 0 Å². The van der Waals surface area contributed by atoms with Gasteiger partial charge in [0.15, 0.2) is 7.71 Å². The third-order valence-electron chi connectivity index (χ3n) is 1.99. The van der Waals surface area contributed by atoms with Crippen molar-refractivity contribution >= 4 is 18.8 Å². The van der Waals surface area contributed by atoms with Crippen LogP contribution in [0.1, 0.15) is 16.3 Å². The van der Waals surface area contributed by atoms with Crippen LogP contribution in [0.5, 0.6) is 0 Å². The number of hydrogen-bond acceptors (Lipinski definition) is 0. The summed E-state index contributed by atoms with van der Waals surface area (Å²) in [5, 5.41) is 1.38. The lowest BCUT2D eigenvalue weighted by molar-refractivity contribution is 1.31. The first-order valence-corrected chi connectivity index (χ1v) is 5.94. The molecule has 0 bridgehead atoms. The molecule has 0 N–H and O–H groups in total. The molecule has 0 atom stereocenters. The van der Waals surface area contributed by atoms with Crippen LogP contribution in [0.25, 0.3) is 0 Å². The molecule has 0 saturated carbocycles. The van der Waals surface area contributed by atoms with Crippen molar-refractivity contribution in [1.29, 1.82) is 0 Å². The van der Waals surface area contributed by atoms with Crippen LogP contribution in [0.15, 0.2) is 11.7 Å². The van der Waals surface area contributed by atoms with E-state index in [1.54, 1.807) is 0 Å². The molecule has 1 aromatic rings. The SMILES string of the molecule is Cc1cc[si](Cl)c(C)c1C. The smallest absolute Gasteiger partial charge is 0.133 e. The van der Waals surface area contributed by atoms with E-state index in [1.807, 2.05) is 0 Å². The van der Waals surface area contributed by atoms with Crippen molar-refractivity contribution in [3.63, 3.8) is 0 Å². The second kappa shape index (κ2) is 2.85. The molecule has 10 heavy (non-hydrogen) atoms. The maximum atomic E-state index is 6.07. The second-order valence-electron chi connectivity index (χ2n) is 2.61. The van der Waals surface area contributed by atoms with Gasteiger partial charge in [0, 0.05) is 0 Å². The van der Waals surface area contributed by atoms with Crippen LogP contribution in [0.2, 0.25) is 0 Å². The van der Waals surface area contributed by atoms with Crippen molar-refractivity contribution in [3.8, 4) is 0 Å². The third kappa shape index (κ3) is 1.30. The van der Waals surface area contributed by atoms with Crippen molar-refractivity contribution < 1.29 is 0 Å². The lowest BCUT2D eigenvalue weighted by Crippen LogP contribution is -1.96. The van der Waals surface area contributed by atoms with Gasteiger partial charge in [0.05, 0.1) is 0 Å². The highest BCUT2D eigenvalue weighted by atomic mass is 35.6. The molecule has 0 spiro atoms. The molecule has 54 valence electrons. The molecule has 0 aliphatic carbocycles. The van der Waals surface area contributed by atoms with Gasteiger partial charge < -0.3 is 0 Å². The monoisotopic (exact) mass is 170 g/mol. The Morgan fingerprint density at radius 1 is 1.30 bits per heavy atom. The Bertz CT molecular complexity index is 229. The molecule has 0 fully saturated rings. The topological polar surface area (TPSA) is 0 Å². The molecule has 0 amide bonds. The number of rotatable bonds is 0. The van der Waals surface area contributed by atoms with Crippen molar-refractivity contribution in [2.75, 3.05) is 0 Å². The summed E-state index contributed by atoms with van der Waals surface area (Å²) >= 11 is 6.07. The van der Waals surface area contributed by atoms with Crippen LogP contribution in [0, 0.1) is 20.8 Å². The van der Waals surface area contributed by atoms with Crippen molar-refractivity contribution in [2.24, 2.45) is 0 Å². The lowest BCUT2D eigenvalue weighted by atomic mass is 10.2. The fourth-order valence-corrected chi connectivity index (χ4v) is 2.74. The Balaban J connectivity index is 3.34. The average molecular weight is 171 g/mol. The molecule has 0 saturated heterocycles. The van der Waals surface area contributed by atoms with Gasteiger partial charge in [-0.2, -0.15) is 0 Å². The molecular weight excluding hydrogens is 160 g/mol. The fraction of sp³-hybridized carbons (Fsp3) is 0.375. The molecule has 0 aromatic carbocycles. The molecule has 2 heteroatoms. The Morgan fingerprint density at radius 2 is 1.90 bits per heavy atom. The van der Waals surface area contributed by atoms with Gasteiger partial charge in [-0.1, -0.05) is 11.7 Å². The van der Waals surface area contributed by atoms with E-state index in [0.29, 0.717) is 0 Å².